The summed E-state index contributed by atoms with van der Waals surface area (Å²) in [5, 5.41) is 3.83. The molecule has 0 aliphatic heterocycles. The number of H-pyrrole nitrogens is 1. The third-order valence-corrected chi connectivity index (χ3v) is 6.01. The first kappa shape index (κ1) is 19.4. The summed E-state index contributed by atoms with van der Waals surface area (Å²) in [5.41, 5.74) is 3.15. The summed E-state index contributed by atoms with van der Waals surface area (Å²) in [5.74, 6) is -0.353. The van der Waals surface area contributed by atoms with Gasteiger partial charge in [0.15, 0.2) is 5.01 Å². The van der Waals surface area contributed by atoms with Crippen LogP contribution in [0.25, 0.3) is 33.6 Å². The SMILES string of the molecule is Cc1ccc2c(/C=C(/C(=O)c3nccs3)n3cnc4cc(Cl)ccc4c3=O)c[nH]c2c1. The zero-order valence-corrected chi connectivity index (χ0v) is 17.9. The number of aromatic amines is 1. The van der Waals surface area contributed by atoms with Crippen molar-refractivity contribution in [3.63, 3.8) is 0 Å². The van der Waals surface area contributed by atoms with Gasteiger partial charge in [0.2, 0.25) is 5.78 Å². The van der Waals surface area contributed by atoms with E-state index in [1.165, 1.54) is 22.2 Å². The summed E-state index contributed by atoms with van der Waals surface area (Å²) in [4.78, 5) is 38.3. The zero-order valence-electron chi connectivity index (χ0n) is 16.3. The number of rotatable bonds is 4. The summed E-state index contributed by atoms with van der Waals surface area (Å²) in [6.45, 7) is 2.01. The van der Waals surface area contributed by atoms with E-state index < -0.39 is 0 Å². The van der Waals surface area contributed by atoms with Crippen LogP contribution in [0.15, 0.2) is 65.3 Å². The third kappa shape index (κ3) is 3.48. The van der Waals surface area contributed by atoms with Gasteiger partial charge in [-0.25, -0.2) is 9.97 Å². The second-order valence-corrected chi connectivity index (χ2v) is 8.40. The second kappa shape index (κ2) is 7.61. The number of hydrogen-bond donors (Lipinski definition) is 1. The molecule has 8 heteroatoms. The average molecular weight is 447 g/mol. The number of aromatic nitrogens is 4. The number of halogens is 1. The van der Waals surface area contributed by atoms with Crippen molar-refractivity contribution in [3.05, 3.63) is 92.0 Å². The number of thiazole rings is 1. The molecule has 3 heterocycles. The molecule has 0 aliphatic carbocycles. The molecule has 0 amide bonds. The van der Waals surface area contributed by atoms with E-state index in [0.29, 0.717) is 20.9 Å². The van der Waals surface area contributed by atoms with E-state index in [0.717, 1.165) is 22.0 Å². The fourth-order valence-corrected chi connectivity index (χ4v) is 4.24. The van der Waals surface area contributed by atoms with Crippen LogP contribution in [0.2, 0.25) is 5.02 Å². The van der Waals surface area contributed by atoms with Crippen LogP contribution < -0.4 is 5.56 Å². The number of nitrogens with zero attached hydrogens (tertiary/aromatic N) is 3. The van der Waals surface area contributed by atoms with Crippen LogP contribution in [0.1, 0.15) is 20.9 Å². The number of aryl methyl sites for hydroxylation is 1. The molecular formula is C23H15ClN4O2S. The molecule has 0 fully saturated rings. The molecule has 6 nitrogen and oxygen atoms in total. The standard InChI is InChI=1S/C23H15ClN4O2S/c1-13-2-4-16-14(11-26-18(16)8-13)9-20(21(29)22-25-6-7-31-22)28-12-27-19-10-15(24)3-5-17(19)23(28)30/h2-12,26H,1H3/b20-9-. The van der Waals surface area contributed by atoms with E-state index in [2.05, 4.69) is 15.0 Å². The highest BCUT2D eigenvalue weighted by Crippen LogP contribution is 2.25. The number of carbonyl (C=O) groups excluding carboxylic acids is 1. The van der Waals surface area contributed by atoms with Crippen LogP contribution in [-0.4, -0.2) is 25.3 Å². The van der Waals surface area contributed by atoms with Gasteiger partial charge in [0, 0.05) is 39.3 Å². The maximum Gasteiger partial charge on any atom is 0.265 e. The predicted molar refractivity (Wildman–Crippen MR) is 125 cm³/mol. The summed E-state index contributed by atoms with van der Waals surface area (Å²) in [6.07, 6.45) is 6.44. The molecule has 3 aromatic heterocycles. The zero-order chi connectivity index (χ0) is 21.5. The highest BCUT2D eigenvalue weighted by atomic mass is 35.5. The maximum absolute atomic E-state index is 13.3. The van der Waals surface area contributed by atoms with Crippen molar-refractivity contribution < 1.29 is 4.79 Å². The molecule has 0 spiro atoms. The van der Waals surface area contributed by atoms with Crippen molar-refractivity contribution in [2.45, 2.75) is 6.92 Å². The molecule has 31 heavy (non-hydrogen) atoms. The lowest BCUT2D eigenvalue weighted by molar-refractivity contribution is 0.105. The van der Waals surface area contributed by atoms with Gasteiger partial charge < -0.3 is 4.98 Å². The minimum Gasteiger partial charge on any atom is -0.361 e. The van der Waals surface area contributed by atoms with Crippen molar-refractivity contribution in [2.75, 3.05) is 0 Å². The molecule has 0 saturated carbocycles. The Balaban J connectivity index is 1.75. The fourth-order valence-electron chi connectivity index (χ4n) is 3.49. The number of fused-ring (bicyclic) bond motifs is 2. The van der Waals surface area contributed by atoms with Gasteiger partial charge in [-0.3, -0.25) is 14.2 Å². The van der Waals surface area contributed by atoms with Crippen LogP contribution in [-0.2, 0) is 0 Å². The first-order valence-electron chi connectivity index (χ1n) is 9.42. The molecule has 5 rings (SSSR count). The lowest BCUT2D eigenvalue weighted by atomic mass is 10.1. The summed E-state index contributed by atoms with van der Waals surface area (Å²) >= 11 is 7.25. The van der Waals surface area contributed by atoms with E-state index in [4.69, 9.17) is 11.6 Å². The molecule has 1 N–H and O–H groups in total. The summed E-state index contributed by atoms with van der Waals surface area (Å²) in [7, 11) is 0. The van der Waals surface area contributed by atoms with Crippen molar-refractivity contribution in [2.24, 2.45) is 0 Å². The molecule has 0 bridgehead atoms. The number of ketones is 1. The summed E-state index contributed by atoms with van der Waals surface area (Å²) in [6, 6.07) is 10.9. The van der Waals surface area contributed by atoms with Crippen molar-refractivity contribution in [1.29, 1.82) is 0 Å². The monoisotopic (exact) mass is 446 g/mol. The number of benzene rings is 2. The normalized spacial score (nSPS) is 12.0. The Morgan fingerprint density at radius 3 is 2.81 bits per heavy atom. The number of allylic oxidation sites excluding steroid dienone is 1. The van der Waals surface area contributed by atoms with Crippen molar-refractivity contribution in [3.8, 4) is 0 Å². The minimum absolute atomic E-state index is 0.172. The van der Waals surface area contributed by atoms with Crippen LogP contribution in [0.3, 0.4) is 0 Å². The molecule has 0 unspecified atom stereocenters. The Hall–Kier alpha value is -3.55. The van der Waals surface area contributed by atoms with Gasteiger partial charge in [0.25, 0.3) is 5.56 Å². The average Bonchev–Trinajstić information content (AvgIpc) is 3.42. The van der Waals surface area contributed by atoms with Crippen LogP contribution >= 0.6 is 22.9 Å². The van der Waals surface area contributed by atoms with Crippen LogP contribution in [0.4, 0.5) is 0 Å². The first-order chi connectivity index (χ1) is 15.0. The summed E-state index contributed by atoms with van der Waals surface area (Å²) < 4.78 is 1.27. The molecule has 5 aromatic rings. The van der Waals surface area contributed by atoms with E-state index in [-0.39, 0.29) is 17.0 Å². The predicted octanol–water partition coefficient (Wildman–Crippen LogP) is 5.18. The van der Waals surface area contributed by atoms with Gasteiger partial charge in [-0.05, 0) is 42.8 Å². The Labute approximate surface area is 185 Å². The van der Waals surface area contributed by atoms with Gasteiger partial charge in [-0.2, -0.15) is 0 Å². The van der Waals surface area contributed by atoms with Crippen molar-refractivity contribution >= 4 is 62.3 Å². The molecule has 0 saturated heterocycles. The lowest BCUT2D eigenvalue weighted by Crippen LogP contribution is -2.23. The Morgan fingerprint density at radius 2 is 2.00 bits per heavy atom. The molecule has 0 atom stereocenters. The van der Waals surface area contributed by atoms with Gasteiger partial charge in [0.05, 0.1) is 10.9 Å². The highest BCUT2D eigenvalue weighted by molar-refractivity contribution is 7.12. The molecule has 0 aliphatic rings. The Kier molecular flexibility index (Phi) is 4.77. The van der Waals surface area contributed by atoms with Crippen LogP contribution in [0.5, 0.6) is 0 Å². The van der Waals surface area contributed by atoms with E-state index in [1.54, 1.807) is 35.9 Å². The Bertz CT molecular complexity index is 1550. The number of Topliss-reactive ketones (excluding diaryl/α,β-unsaturated/α-hetero) is 1. The van der Waals surface area contributed by atoms with E-state index in [9.17, 15) is 9.59 Å². The fraction of sp³-hybridized carbons (Fsp3) is 0.0435. The quantitative estimate of drug-likeness (QED) is 0.305. The smallest absolute Gasteiger partial charge is 0.265 e. The topological polar surface area (TPSA) is 80.6 Å². The second-order valence-electron chi connectivity index (χ2n) is 7.07. The van der Waals surface area contributed by atoms with Gasteiger partial charge in [-0.15, -0.1) is 11.3 Å². The molecule has 152 valence electrons. The van der Waals surface area contributed by atoms with Gasteiger partial charge >= 0.3 is 0 Å². The van der Waals surface area contributed by atoms with Gasteiger partial charge in [0.1, 0.15) is 12.0 Å². The lowest BCUT2D eigenvalue weighted by Gasteiger charge is -2.10. The largest absolute Gasteiger partial charge is 0.361 e. The van der Waals surface area contributed by atoms with E-state index in [1.807, 2.05) is 31.3 Å². The van der Waals surface area contributed by atoms with E-state index >= 15 is 0 Å². The van der Waals surface area contributed by atoms with Crippen LogP contribution in [0, 0.1) is 6.92 Å². The first-order valence-corrected chi connectivity index (χ1v) is 10.7. The number of nitrogens with one attached hydrogen (secondary N) is 1. The minimum atomic E-state index is -0.353. The maximum atomic E-state index is 13.3. The molecule has 2 aromatic carbocycles. The number of hydrogen-bond acceptors (Lipinski definition) is 5. The van der Waals surface area contributed by atoms with Crippen molar-refractivity contribution in [1.82, 2.24) is 19.5 Å². The highest BCUT2D eigenvalue weighted by Gasteiger charge is 2.20. The third-order valence-electron chi connectivity index (χ3n) is 5.00. The molecule has 0 radical (unpaired) electrons. The molecular weight excluding hydrogens is 432 g/mol. The number of carbonyl (C=O) groups is 1. The Morgan fingerprint density at radius 1 is 1.16 bits per heavy atom. The van der Waals surface area contributed by atoms with Gasteiger partial charge in [-0.1, -0.05) is 23.7 Å².